The van der Waals surface area contributed by atoms with E-state index in [9.17, 15) is 24.5 Å². The number of nitrogens with zero attached hydrogens (tertiary/aromatic N) is 4. The van der Waals surface area contributed by atoms with Crippen LogP contribution in [0.5, 0.6) is 0 Å². The van der Waals surface area contributed by atoms with Crippen LogP contribution in [0.4, 0.5) is 5.69 Å². The summed E-state index contributed by atoms with van der Waals surface area (Å²) in [5.41, 5.74) is 2.77. The minimum atomic E-state index is -0.586. The van der Waals surface area contributed by atoms with E-state index in [4.69, 9.17) is 4.74 Å². The molecule has 1 N–H and O–H groups in total. The predicted octanol–water partition coefficient (Wildman–Crippen LogP) is 3.78. The van der Waals surface area contributed by atoms with Crippen molar-refractivity contribution in [3.8, 4) is 0 Å². The largest absolute Gasteiger partial charge is 0.443 e. The van der Waals surface area contributed by atoms with E-state index in [-0.39, 0.29) is 35.2 Å². The molecule has 4 heterocycles. The lowest BCUT2D eigenvalue weighted by Crippen LogP contribution is -2.38. The molecule has 0 aliphatic carbocycles. The summed E-state index contributed by atoms with van der Waals surface area (Å²) in [5.74, 6) is -1.86. The molecule has 1 fully saturated rings. The molecular formula is C29H28ClN5O6. The molecule has 0 radical (unpaired) electrons. The third-order valence-electron chi connectivity index (χ3n) is 7.80. The molecule has 6 rings (SSSR count). The number of carbonyl (C=O) groups is 3. The number of hydrogen-bond acceptors (Lipinski definition) is 7. The predicted molar refractivity (Wildman–Crippen MR) is 155 cm³/mol. The summed E-state index contributed by atoms with van der Waals surface area (Å²) in [6, 6.07) is 12.0. The minimum absolute atomic E-state index is 0. The average molecular weight is 578 g/mol. The second-order valence-corrected chi connectivity index (χ2v) is 10.2. The fourth-order valence-electron chi connectivity index (χ4n) is 5.72. The van der Waals surface area contributed by atoms with Crippen molar-refractivity contribution in [2.75, 3.05) is 19.8 Å². The van der Waals surface area contributed by atoms with Gasteiger partial charge in [0.2, 0.25) is 0 Å². The quantitative estimate of drug-likeness (QED) is 0.160. The number of ether oxygens (including phenoxy) is 1. The number of carbonyl (C=O) groups excluding carboxylic acids is 3. The van der Waals surface area contributed by atoms with E-state index in [2.05, 4.69) is 5.32 Å². The Hall–Kier alpha value is -4.48. The number of rotatable bonds is 6. The number of non-ortho nitro benzene ring substituents is 1. The van der Waals surface area contributed by atoms with Gasteiger partial charge in [-0.15, -0.1) is 12.4 Å². The van der Waals surface area contributed by atoms with Gasteiger partial charge in [0.15, 0.2) is 6.73 Å². The molecule has 212 valence electrons. The number of imide groups is 1. The highest BCUT2D eigenvalue weighted by Crippen LogP contribution is 2.42. The third kappa shape index (κ3) is 4.66. The molecule has 41 heavy (non-hydrogen) atoms. The molecular weight excluding hydrogens is 550 g/mol. The minimum Gasteiger partial charge on any atom is -0.443 e. The Kier molecular flexibility index (Phi) is 7.41. The van der Waals surface area contributed by atoms with Gasteiger partial charge in [0.25, 0.3) is 17.5 Å². The Labute approximate surface area is 240 Å². The van der Waals surface area contributed by atoms with E-state index in [1.807, 2.05) is 42.1 Å². The van der Waals surface area contributed by atoms with Gasteiger partial charge in [-0.3, -0.25) is 24.5 Å². The average Bonchev–Trinajstić information content (AvgIpc) is 3.55. The third-order valence-corrected chi connectivity index (χ3v) is 7.80. The molecule has 2 aliphatic heterocycles. The summed E-state index contributed by atoms with van der Waals surface area (Å²) in [7, 11) is 3.59. The maximum absolute atomic E-state index is 14.0. The van der Waals surface area contributed by atoms with Crippen LogP contribution in [0.25, 0.3) is 33.0 Å². The number of aromatic nitrogens is 2. The lowest BCUT2D eigenvalue weighted by molar-refractivity contribution is -0.384. The first-order valence-electron chi connectivity index (χ1n) is 13.0. The number of nitrogens with one attached hydrogen (secondary N) is 1. The molecule has 0 spiro atoms. The molecule has 2 aliphatic rings. The molecule has 2 aromatic carbocycles. The first-order valence-corrected chi connectivity index (χ1v) is 13.0. The summed E-state index contributed by atoms with van der Waals surface area (Å²) in [6.45, 7) is 0.920. The second-order valence-electron chi connectivity index (χ2n) is 10.2. The molecule has 2 aromatic heterocycles. The van der Waals surface area contributed by atoms with E-state index in [0.29, 0.717) is 48.0 Å². The van der Waals surface area contributed by atoms with Crippen molar-refractivity contribution in [1.82, 2.24) is 19.4 Å². The van der Waals surface area contributed by atoms with Crippen LogP contribution in [0, 0.1) is 16.0 Å². The Bertz CT molecular complexity index is 1760. The van der Waals surface area contributed by atoms with Gasteiger partial charge in [0.05, 0.1) is 27.5 Å². The molecule has 12 heteroatoms. The van der Waals surface area contributed by atoms with Crippen LogP contribution in [0.15, 0.2) is 54.9 Å². The van der Waals surface area contributed by atoms with E-state index in [1.54, 1.807) is 23.9 Å². The van der Waals surface area contributed by atoms with Crippen LogP contribution in [0.3, 0.4) is 0 Å². The number of fused-ring (bicyclic) bond motifs is 2. The van der Waals surface area contributed by atoms with E-state index in [0.717, 1.165) is 15.8 Å². The van der Waals surface area contributed by atoms with Crippen molar-refractivity contribution in [2.24, 2.45) is 20.0 Å². The van der Waals surface area contributed by atoms with E-state index >= 15 is 0 Å². The topological polar surface area (TPSA) is 129 Å². The van der Waals surface area contributed by atoms with Crippen LogP contribution in [-0.2, 0) is 33.2 Å². The number of para-hydroxylation sites is 1. The van der Waals surface area contributed by atoms with Crippen molar-refractivity contribution in [2.45, 2.75) is 12.8 Å². The standard InChI is InChI=1S/C29H27N5O6.ClH/c1-31-14-21(19-5-3-4-6-23(19)31)25-26(22-15-32(2)24-13-18(34(38)39)7-8-20(22)24)28(36)33(27(25)35)16-40-29(37)17-9-11-30-12-10-17;/h3-8,13-15,17,30H,9-12,16H2,1-2H3;1H. The van der Waals surface area contributed by atoms with Crippen LogP contribution in [0.1, 0.15) is 24.0 Å². The smallest absolute Gasteiger partial charge is 0.310 e. The zero-order chi connectivity index (χ0) is 28.1. The zero-order valence-corrected chi connectivity index (χ0v) is 23.3. The molecule has 0 bridgehead atoms. The van der Waals surface area contributed by atoms with E-state index < -0.39 is 29.4 Å². The van der Waals surface area contributed by atoms with Gasteiger partial charge in [0, 0.05) is 66.0 Å². The van der Waals surface area contributed by atoms with Crippen LogP contribution >= 0.6 is 12.4 Å². The van der Waals surface area contributed by atoms with Gasteiger partial charge in [-0.05, 0) is 38.1 Å². The van der Waals surface area contributed by atoms with Crippen molar-refractivity contribution in [3.63, 3.8) is 0 Å². The lowest BCUT2D eigenvalue weighted by atomic mass is 9.95. The number of halogens is 1. The number of amides is 2. The van der Waals surface area contributed by atoms with Crippen molar-refractivity contribution >= 4 is 68.8 Å². The number of esters is 1. The molecule has 4 aromatic rings. The number of hydrogen-bond donors (Lipinski definition) is 1. The summed E-state index contributed by atoms with van der Waals surface area (Å²) in [5, 5.41) is 16.0. The Morgan fingerprint density at radius 3 is 2.17 bits per heavy atom. The fraction of sp³-hybridized carbons (Fsp3) is 0.276. The van der Waals surface area contributed by atoms with Crippen molar-refractivity contribution < 1.29 is 24.0 Å². The fourth-order valence-corrected chi connectivity index (χ4v) is 5.72. The molecule has 0 atom stereocenters. The molecule has 1 saturated heterocycles. The summed E-state index contributed by atoms with van der Waals surface area (Å²) >= 11 is 0. The Morgan fingerprint density at radius 2 is 1.54 bits per heavy atom. The van der Waals surface area contributed by atoms with Crippen LogP contribution in [-0.4, -0.2) is 56.6 Å². The molecule has 11 nitrogen and oxygen atoms in total. The maximum atomic E-state index is 14.0. The Balaban J connectivity index is 0.00000337. The van der Waals surface area contributed by atoms with Crippen LogP contribution in [0.2, 0.25) is 0 Å². The van der Waals surface area contributed by atoms with Crippen molar-refractivity contribution in [1.29, 1.82) is 0 Å². The van der Waals surface area contributed by atoms with Gasteiger partial charge in [-0.25, -0.2) is 4.90 Å². The first kappa shape index (κ1) is 28.1. The first-order chi connectivity index (χ1) is 19.3. The molecule has 0 unspecified atom stereocenters. The van der Waals surface area contributed by atoms with Gasteiger partial charge < -0.3 is 19.2 Å². The number of benzene rings is 2. The monoisotopic (exact) mass is 577 g/mol. The number of aryl methyl sites for hydroxylation is 2. The summed E-state index contributed by atoms with van der Waals surface area (Å²) in [4.78, 5) is 52.6. The van der Waals surface area contributed by atoms with Gasteiger partial charge in [-0.1, -0.05) is 18.2 Å². The molecule has 2 amide bonds. The normalized spacial score (nSPS) is 16.1. The highest BCUT2D eigenvalue weighted by Gasteiger charge is 2.42. The lowest BCUT2D eigenvalue weighted by Gasteiger charge is -2.22. The summed E-state index contributed by atoms with van der Waals surface area (Å²) < 4.78 is 9.09. The van der Waals surface area contributed by atoms with E-state index in [1.165, 1.54) is 12.1 Å². The molecule has 0 saturated carbocycles. The van der Waals surface area contributed by atoms with Gasteiger partial charge in [-0.2, -0.15) is 0 Å². The summed E-state index contributed by atoms with van der Waals surface area (Å²) in [6.07, 6.45) is 4.78. The number of piperidine rings is 1. The van der Waals surface area contributed by atoms with Crippen molar-refractivity contribution in [3.05, 3.63) is 76.1 Å². The zero-order valence-electron chi connectivity index (χ0n) is 22.5. The Morgan fingerprint density at radius 1 is 0.951 bits per heavy atom. The van der Waals surface area contributed by atoms with Crippen LogP contribution < -0.4 is 5.32 Å². The second kappa shape index (κ2) is 10.8. The van der Waals surface area contributed by atoms with Gasteiger partial charge >= 0.3 is 5.97 Å². The SMILES string of the molecule is Cl.Cn1cc(C2=C(c3cn(C)c4cc([N+](=O)[O-])ccc34)C(=O)N(COC(=O)C3CCNCC3)C2=O)c2ccccc21. The number of nitro benzene ring substituents is 1. The highest BCUT2D eigenvalue weighted by atomic mass is 35.5. The highest BCUT2D eigenvalue weighted by molar-refractivity contribution is 6.50. The van der Waals surface area contributed by atoms with Gasteiger partial charge in [0.1, 0.15) is 0 Å². The number of nitro groups is 1. The maximum Gasteiger partial charge on any atom is 0.310 e.